The maximum atomic E-state index is 12.1. The van der Waals surface area contributed by atoms with Gasteiger partial charge in [0, 0.05) is 5.92 Å². The van der Waals surface area contributed by atoms with E-state index < -0.39 is 17.7 Å². The summed E-state index contributed by atoms with van der Waals surface area (Å²) in [5.41, 5.74) is 0. The molecule has 0 saturated heterocycles. The Bertz CT molecular complexity index is 305. The molecule has 0 amide bonds. The number of carbonyl (C=O) groups is 2. The van der Waals surface area contributed by atoms with E-state index in [2.05, 4.69) is 13.2 Å². The molecule has 0 aromatic rings. The van der Waals surface area contributed by atoms with Gasteiger partial charge >= 0.3 is 5.97 Å². The molecule has 0 fully saturated rings. The highest BCUT2D eigenvalue weighted by Crippen LogP contribution is 2.24. The molecule has 18 heavy (non-hydrogen) atoms. The highest BCUT2D eigenvalue weighted by atomic mass is 16.5. The minimum absolute atomic E-state index is 0.000197. The van der Waals surface area contributed by atoms with Crippen molar-refractivity contribution >= 4 is 11.8 Å². The predicted octanol–water partition coefficient (Wildman–Crippen LogP) is 3.30. The fraction of sp³-hybridized carbons (Fsp3) is 0.600. The standard InChI is InChI=1S/C15H24O3/c1-6-9-12(8-3)13(10-7-2)14(16)15(17)18-11(4)5/h7-8,11-13H,2-3,6,9-10H2,1,4-5H3/t12-,13+/m1/s1. The van der Waals surface area contributed by atoms with Crippen molar-refractivity contribution < 1.29 is 14.3 Å². The summed E-state index contributed by atoms with van der Waals surface area (Å²) in [6.07, 6.45) is 5.39. The SMILES string of the molecule is C=CC[C@H](C(=O)C(=O)OC(C)C)[C@H](C=C)CCC. The van der Waals surface area contributed by atoms with E-state index in [1.54, 1.807) is 26.0 Å². The Morgan fingerprint density at radius 1 is 1.28 bits per heavy atom. The second-order valence-corrected chi connectivity index (χ2v) is 4.64. The summed E-state index contributed by atoms with van der Waals surface area (Å²) in [7, 11) is 0. The van der Waals surface area contributed by atoms with Gasteiger partial charge in [-0.1, -0.05) is 25.5 Å². The van der Waals surface area contributed by atoms with E-state index >= 15 is 0 Å². The molecule has 0 aliphatic carbocycles. The average Bonchev–Trinajstić information content (AvgIpc) is 2.31. The first-order valence-electron chi connectivity index (χ1n) is 6.46. The zero-order valence-corrected chi connectivity index (χ0v) is 11.6. The lowest BCUT2D eigenvalue weighted by Gasteiger charge is -2.21. The molecule has 102 valence electrons. The minimum Gasteiger partial charge on any atom is -0.457 e. The zero-order valence-electron chi connectivity index (χ0n) is 11.6. The zero-order chi connectivity index (χ0) is 14.1. The van der Waals surface area contributed by atoms with Gasteiger partial charge in [-0.05, 0) is 32.6 Å². The number of rotatable bonds is 9. The molecule has 0 N–H and O–H groups in total. The van der Waals surface area contributed by atoms with Crippen molar-refractivity contribution in [2.24, 2.45) is 11.8 Å². The first-order valence-corrected chi connectivity index (χ1v) is 6.46. The van der Waals surface area contributed by atoms with Crippen molar-refractivity contribution in [3.63, 3.8) is 0 Å². The second-order valence-electron chi connectivity index (χ2n) is 4.64. The van der Waals surface area contributed by atoms with Crippen LogP contribution in [-0.4, -0.2) is 17.9 Å². The number of hydrogen-bond donors (Lipinski definition) is 0. The quantitative estimate of drug-likeness (QED) is 0.359. The maximum Gasteiger partial charge on any atom is 0.375 e. The molecule has 0 heterocycles. The van der Waals surface area contributed by atoms with Crippen LogP contribution < -0.4 is 0 Å². The van der Waals surface area contributed by atoms with Gasteiger partial charge in [0.2, 0.25) is 5.78 Å². The lowest BCUT2D eigenvalue weighted by molar-refractivity contribution is -0.159. The van der Waals surface area contributed by atoms with Crippen LogP contribution in [-0.2, 0) is 14.3 Å². The molecular weight excluding hydrogens is 228 g/mol. The number of ether oxygens (including phenoxy) is 1. The largest absolute Gasteiger partial charge is 0.457 e. The summed E-state index contributed by atoms with van der Waals surface area (Å²) < 4.78 is 4.96. The van der Waals surface area contributed by atoms with E-state index in [4.69, 9.17) is 4.74 Å². The number of ketones is 1. The van der Waals surface area contributed by atoms with Crippen molar-refractivity contribution in [2.45, 2.75) is 46.1 Å². The van der Waals surface area contributed by atoms with Gasteiger partial charge in [-0.15, -0.1) is 13.2 Å². The first-order chi connectivity index (χ1) is 8.47. The maximum absolute atomic E-state index is 12.1. The topological polar surface area (TPSA) is 43.4 Å². The van der Waals surface area contributed by atoms with Crippen molar-refractivity contribution in [3.05, 3.63) is 25.3 Å². The molecule has 3 nitrogen and oxygen atoms in total. The number of esters is 1. The fourth-order valence-electron chi connectivity index (χ4n) is 1.90. The minimum atomic E-state index is -0.750. The van der Waals surface area contributed by atoms with Crippen molar-refractivity contribution in [1.29, 1.82) is 0 Å². The van der Waals surface area contributed by atoms with Gasteiger partial charge in [-0.2, -0.15) is 0 Å². The van der Waals surface area contributed by atoms with Gasteiger partial charge in [0.25, 0.3) is 0 Å². The highest BCUT2D eigenvalue weighted by Gasteiger charge is 2.31. The molecular formula is C15H24O3. The Labute approximate surface area is 110 Å². The molecule has 0 saturated carbocycles. The molecule has 0 aliphatic heterocycles. The van der Waals surface area contributed by atoms with Gasteiger partial charge in [-0.25, -0.2) is 4.79 Å². The van der Waals surface area contributed by atoms with E-state index in [0.717, 1.165) is 12.8 Å². The summed E-state index contributed by atoms with van der Waals surface area (Å²) in [5.74, 6) is -1.62. The molecule has 2 atom stereocenters. The summed E-state index contributed by atoms with van der Waals surface area (Å²) in [5, 5.41) is 0. The Balaban J connectivity index is 4.85. The Kier molecular flexibility index (Phi) is 8.01. The van der Waals surface area contributed by atoms with Gasteiger partial charge < -0.3 is 4.74 Å². The van der Waals surface area contributed by atoms with Crippen LogP contribution in [0.1, 0.15) is 40.0 Å². The third-order valence-corrected chi connectivity index (χ3v) is 2.74. The lowest BCUT2D eigenvalue weighted by Crippen LogP contribution is -2.31. The van der Waals surface area contributed by atoms with Crippen LogP contribution in [0.25, 0.3) is 0 Å². The molecule has 0 aliphatic rings. The van der Waals surface area contributed by atoms with Gasteiger partial charge in [-0.3, -0.25) is 4.79 Å². The van der Waals surface area contributed by atoms with Crippen molar-refractivity contribution in [1.82, 2.24) is 0 Å². The van der Waals surface area contributed by atoms with Gasteiger partial charge in [0.15, 0.2) is 0 Å². The smallest absolute Gasteiger partial charge is 0.375 e. The number of allylic oxidation sites excluding steroid dienone is 2. The van der Waals surface area contributed by atoms with Crippen LogP contribution in [0.3, 0.4) is 0 Å². The molecule has 0 aromatic carbocycles. The monoisotopic (exact) mass is 252 g/mol. The molecule has 0 spiro atoms. The van der Waals surface area contributed by atoms with Crippen LogP contribution in [0, 0.1) is 11.8 Å². The average molecular weight is 252 g/mol. The van der Waals surface area contributed by atoms with Gasteiger partial charge in [0.1, 0.15) is 0 Å². The Morgan fingerprint density at radius 3 is 2.28 bits per heavy atom. The highest BCUT2D eigenvalue weighted by molar-refractivity contribution is 6.34. The van der Waals surface area contributed by atoms with Crippen LogP contribution >= 0.6 is 0 Å². The number of hydrogen-bond acceptors (Lipinski definition) is 3. The van der Waals surface area contributed by atoms with E-state index in [1.165, 1.54) is 0 Å². The third kappa shape index (κ3) is 5.30. The molecule has 0 aromatic heterocycles. The van der Waals surface area contributed by atoms with E-state index in [-0.39, 0.29) is 12.0 Å². The normalized spacial score (nSPS) is 13.8. The summed E-state index contributed by atoms with van der Waals surface area (Å²) >= 11 is 0. The van der Waals surface area contributed by atoms with Crippen molar-refractivity contribution in [2.75, 3.05) is 0 Å². The van der Waals surface area contributed by atoms with E-state index in [1.807, 2.05) is 6.92 Å². The molecule has 0 bridgehead atoms. The first kappa shape index (κ1) is 16.6. The predicted molar refractivity (Wildman–Crippen MR) is 73.1 cm³/mol. The lowest BCUT2D eigenvalue weighted by atomic mass is 9.83. The Morgan fingerprint density at radius 2 is 1.89 bits per heavy atom. The van der Waals surface area contributed by atoms with Crippen molar-refractivity contribution in [3.8, 4) is 0 Å². The fourth-order valence-corrected chi connectivity index (χ4v) is 1.90. The summed E-state index contributed by atoms with van der Waals surface area (Å²) in [4.78, 5) is 23.7. The molecule has 3 heteroatoms. The molecule has 0 rings (SSSR count). The van der Waals surface area contributed by atoms with Crippen LogP contribution in [0.5, 0.6) is 0 Å². The molecule has 0 radical (unpaired) electrons. The van der Waals surface area contributed by atoms with E-state index in [0.29, 0.717) is 6.42 Å². The third-order valence-electron chi connectivity index (χ3n) is 2.74. The summed E-state index contributed by atoms with van der Waals surface area (Å²) in [6, 6.07) is 0. The van der Waals surface area contributed by atoms with Crippen LogP contribution in [0.15, 0.2) is 25.3 Å². The Hall–Kier alpha value is -1.38. The van der Waals surface area contributed by atoms with Gasteiger partial charge in [0.05, 0.1) is 6.10 Å². The molecule has 0 unspecified atom stereocenters. The van der Waals surface area contributed by atoms with E-state index in [9.17, 15) is 9.59 Å². The summed E-state index contributed by atoms with van der Waals surface area (Å²) in [6.45, 7) is 12.9. The van der Waals surface area contributed by atoms with Crippen LogP contribution in [0.4, 0.5) is 0 Å². The number of Topliss-reactive ketones (excluding diaryl/α,β-unsaturated/α-hetero) is 1. The van der Waals surface area contributed by atoms with Crippen LogP contribution in [0.2, 0.25) is 0 Å². The number of carbonyl (C=O) groups excluding carboxylic acids is 2. The second kappa shape index (κ2) is 8.67.